The highest BCUT2D eigenvalue weighted by Gasteiger charge is 2.27. The summed E-state index contributed by atoms with van der Waals surface area (Å²) in [5.74, 6) is -1.96. The molecule has 4 rings (SSSR count). The van der Waals surface area contributed by atoms with E-state index in [1.54, 1.807) is 6.33 Å². The number of nitrogens with one attached hydrogen (secondary N) is 1. The number of carbonyl (C=O) groups is 2. The summed E-state index contributed by atoms with van der Waals surface area (Å²) in [4.78, 5) is 30.9. The van der Waals surface area contributed by atoms with E-state index in [1.165, 1.54) is 25.7 Å². The molecular weight excluding hydrogens is 400 g/mol. The summed E-state index contributed by atoms with van der Waals surface area (Å²) < 4.78 is 1.97. The van der Waals surface area contributed by atoms with E-state index in [9.17, 15) is 14.9 Å². The van der Waals surface area contributed by atoms with Crippen molar-refractivity contribution in [2.45, 2.75) is 38.1 Å². The minimum Gasteiger partial charge on any atom is -0.478 e. The number of aromatic amines is 1. The third-order valence-electron chi connectivity index (χ3n) is 5.18. The molecule has 0 saturated heterocycles. The third kappa shape index (κ3) is 5.54. The number of rotatable bonds is 6. The molecule has 3 N–H and O–H groups in total. The van der Waals surface area contributed by atoms with Gasteiger partial charge in [-0.05, 0) is 24.8 Å². The number of H-pyrrole nitrogens is 1. The summed E-state index contributed by atoms with van der Waals surface area (Å²) in [5.41, 5.74) is 2.68. The van der Waals surface area contributed by atoms with E-state index >= 15 is 0 Å². The van der Waals surface area contributed by atoms with Crippen molar-refractivity contribution < 1.29 is 19.8 Å². The minimum absolute atomic E-state index is 0.166. The molecule has 10 nitrogen and oxygen atoms in total. The molecule has 1 fully saturated rings. The molecule has 1 unspecified atom stereocenters. The summed E-state index contributed by atoms with van der Waals surface area (Å²) in [6.45, 7) is 0. The minimum atomic E-state index is -1.26. The zero-order valence-electron chi connectivity index (χ0n) is 16.7. The highest BCUT2D eigenvalue weighted by molar-refractivity contribution is 5.90. The quantitative estimate of drug-likeness (QED) is 0.511. The standard InChI is InChI=1S/C17H18N6.C4H4O4/c18-7-5-15(12-3-1-2-4-12)23-10-13(9-22-23)16-14-6-8-19-17(14)21-11-20-16;5-3(6)1-2-4(7)8/h6,8-12,15H,1-5H2,(H,19,20,21);1-2H,(H,5,6)(H,7,8)/b;2-1-. The molecule has 0 radical (unpaired) electrons. The van der Waals surface area contributed by atoms with Gasteiger partial charge in [0.1, 0.15) is 12.0 Å². The summed E-state index contributed by atoms with van der Waals surface area (Å²) in [7, 11) is 0. The molecular formula is C21H22N6O4. The molecule has 160 valence electrons. The Morgan fingerprint density at radius 3 is 2.61 bits per heavy atom. The lowest BCUT2D eigenvalue weighted by Gasteiger charge is -2.21. The molecule has 0 bridgehead atoms. The van der Waals surface area contributed by atoms with Crippen LogP contribution in [0.4, 0.5) is 0 Å². The van der Waals surface area contributed by atoms with Crippen molar-refractivity contribution in [3.05, 3.63) is 43.1 Å². The molecule has 31 heavy (non-hydrogen) atoms. The third-order valence-corrected chi connectivity index (χ3v) is 5.18. The monoisotopic (exact) mass is 422 g/mol. The Labute approximate surface area is 177 Å². The highest BCUT2D eigenvalue weighted by Crippen LogP contribution is 2.36. The normalized spacial score (nSPS) is 14.8. The number of carboxylic acid groups (broad SMARTS) is 2. The van der Waals surface area contributed by atoms with E-state index in [0.717, 1.165) is 22.3 Å². The maximum Gasteiger partial charge on any atom is 0.328 e. The Morgan fingerprint density at radius 2 is 1.97 bits per heavy atom. The Kier molecular flexibility index (Phi) is 7.11. The molecule has 0 amide bonds. The smallest absolute Gasteiger partial charge is 0.328 e. The predicted octanol–water partition coefficient (Wildman–Crippen LogP) is 3.18. The second kappa shape index (κ2) is 10.2. The van der Waals surface area contributed by atoms with Gasteiger partial charge in [0.25, 0.3) is 0 Å². The molecule has 3 aromatic heterocycles. The van der Waals surface area contributed by atoms with Gasteiger partial charge in [-0.15, -0.1) is 0 Å². The van der Waals surface area contributed by atoms with Crippen molar-refractivity contribution in [1.29, 1.82) is 5.26 Å². The molecule has 0 aliphatic heterocycles. The lowest BCUT2D eigenvalue weighted by molar-refractivity contribution is -0.134. The lowest BCUT2D eigenvalue weighted by atomic mass is 9.96. The maximum atomic E-state index is 9.55. The largest absolute Gasteiger partial charge is 0.478 e. The van der Waals surface area contributed by atoms with Gasteiger partial charge in [0.2, 0.25) is 0 Å². The molecule has 1 aliphatic carbocycles. The van der Waals surface area contributed by atoms with Gasteiger partial charge in [0, 0.05) is 35.5 Å². The van der Waals surface area contributed by atoms with Gasteiger partial charge in [-0.3, -0.25) is 4.68 Å². The number of nitrogens with zero attached hydrogens (tertiary/aromatic N) is 5. The number of hydrogen-bond donors (Lipinski definition) is 3. The summed E-state index contributed by atoms with van der Waals surface area (Å²) in [5, 5.41) is 30.3. The van der Waals surface area contributed by atoms with E-state index in [-0.39, 0.29) is 6.04 Å². The van der Waals surface area contributed by atoms with Gasteiger partial charge in [-0.1, -0.05) is 12.8 Å². The van der Waals surface area contributed by atoms with E-state index in [0.29, 0.717) is 24.5 Å². The van der Waals surface area contributed by atoms with E-state index in [2.05, 4.69) is 26.1 Å². The average Bonchev–Trinajstić information content (AvgIpc) is 3.52. The number of fused-ring (bicyclic) bond motifs is 1. The van der Waals surface area contributed by atoms with Crippen molar-refractivity contribution in [3.63, 3.8) is 0 Å². The van der Waals surface area contributed by atoms with Crippen LogP contribution in [0.1, 0.15) is 38.1 Å². The molecule has 3 aromatic rings. The van der Waals surface area contributed by atoms with Crippen LogP contribution in [-0.2, 0) is 9.59 Å². The Bertz CT molecular complexity index is 1100. The first kappa shape index (κ1) is 21.7. The molecule has 0 aromatic carbocycles. The van der Waals surface area contributed by atoms with Crippen LogP contribution in [0.5, 0.6) is 0 Å². The predicted molar refractivity (Wildman–Crippen MR) is 111 cm³/mol. The first-order valence-corrected chi connectivity index (χ1v) is 9.83. The Morgan fingerprint density at radius 1 is 1.26 bits per heavy atom. The Balaban J connectivity index is 0.000000293. The molecule has 3 heterocycles. The Hall–Kier alpha value is -4.00. The highest BCUT2D eigenvalue weighted by atomic mass is 16.4. The van der Waals surface area contributed by atoms with Crippen LogP contribution in [0.15, 0.2) is 43.1 Å². The molecule has 10 heteroatoms. The topological polar surface area (TPSA) is 158 Å². The molecule has 0 spiro atoms. The number of hydrogen-bond acceptors (Lipinski definition) is 6. The van der Waals surface area contributed by atoms with Gasteiger partial charge < -0.3 is 15.2 Å². The van der Waals surface area contributed by atoms with Gasteiger partial charge in [0.15, 0.2) is 0 Å². The van der Waals surface area contributed by atoms with Gasteiger partial charge in [-0.2, -0.15) is 10.4 Å². The molecule has 1 saturated carbocycles. The number of aromatic nitrogens is 5. The van der Waals surface area contributed by atoms with Crippen LogP contribution >= 0.6 is 0 Å². The fraction of sp³-hybridized carbons (Fsp3) is 0.333. The number of carboxylic acids is 2. The number of aliphatic carboxylic acids is 2. The first-order valence-electron chi connectivity index (χ1n) is 9.83. The number of nitriles is 1. The van der Waals surface area contributed by atoms with E-state index in [4.69, 9.17) is 10.2 Å². The fourth-order valence-corrected chi connectivity index (χ4v) is 3.80. The fourth-order valence-electron chi connectivity index (χ4n) is 3.80. The molecule has 1 aliphatic rings. The van der Waals surface area contributed by atoms with Crippen LogP contribution in [0.25, 0.3) is 22.3 Å². The summed E-state index contributed by atoms with van der Waals surface area (Å²) >= 11 is 0. The van der Waals surface area contributed by atoms with Gasteiger partial charge in [-0.25, -0.2) is 19.6 Å². The van der Waals surface area contributed by atoms with E-state index < -0.39 is 11.9 Å². The van der Waals surface area contributed by atoms with Crippen LogP contribution in [0.3, 0.4) is 0 Å². The lowest BCUT2D eigenvalue weighted by Crippen LogP contribution is -2.17. The summed E-state index contributed by atoms with van der Waals surface area (Å²) in [6, 6.07) is 4.47. The summed E-state index contributed by atoms with van der Waals surface area (Å²) in [6.07, 6.45) is 13.8. The average molecular weight is 422 g/mol. The second-order valence-corrected chi connectivity index (χ2v) is 7.16. The second-order valence-electron chi connectivity index (χ2n) is 7.16. The van der Waals surface area contributed by atoms with Gasteiger partial charge in [0.05, 0.1) is 30.4 Å². The van der Waals surface area contributed by atoms with Crippen LogP contribution in [0.2, 0.25) is 0 Å². The zero-order chi connectivity index (χ0) is 22.2. The van der Waals surface area contributed by atoms with Crippen LogP contribution in [-0.4, -0.2) is 46.9 Å². The van der Waals surface area contributed by atoms with Crippen LogP contribution in [0, 0.1) is 17.2 Å². The molecule has 1 atom stereocenters. The SMILES string of the molecule is N#CCC(C1CCCC1)n1cc(-c2ncnc3[nH]ccc23)cn1.O=C(O)/C=C\C(=O)O. The van der Waals surface area contributed by atoms with Crippen molar-refractivity contribution in [1.82, 2.24) is 24.7 Å². The van der Waals surface area contributed by atoms with Gasteiger partial charge >= 0.3 is 11.9 Å². The van der Waals surface area contributed by atoms with Crippen LogP contribution < -0.4 is 0 Å². The maximum absolute atomic E-state index is 9.55. The van der Waals surface area contributed by atoms with Crippen molar-refractivity contribution in [2.24, 2.45) is 5.92 Å². The first-order chi connectivity index (χ1) is 15.0. The zero-order valence-corrected chi connectivity index (χ0v) is 16.7. The van der Waals surface area contributed by atoms with Crippen molar-refractivity contribution in [3.8, 4) is 17.3 Å². The van der Waals surface area contributed by atoms with Crippen molar-refractivity contribution in [2.75, 3.05) is 0 Å². The van der Waals surface area contributed by atoms with Crippen molar-refractivity contribution >= 4 is 23.0 Å². The van der Waals surface area contributed by atoms with E-state index in [1.807, 2.05) is 29.3 Å².